The molecule has 0 unspecified atom stereocenters. The van der Waals surface area contributed by atoms with Crippen molar-refractivity contribution in [3.8, 4) is 0 Å². The Bertz CT molecular complexity index is 778. The van der Waals surface area contributed by atoms with E-state index in [4.69, 9.17) is 4.74 Å². The number of alkyl halides is 2. The summed E-state index contributed by atoms with van der Waals surface area (Å²) in [5, 5.41) is 0. The largest absolute Gasteiger partial charge is 0.444 e. The minimum atomic E-state index is -2.55. The number of ether oxygens (including phenoxy) is 1. The van der Waals surface area contributed by atoms with Crippen molar-refractivity contribution in [1.29, 1.82) is 0 Å². The van der Waals surface area contributed by atoms with Crippen LogP contribution >= 0.6 is 0 Å². The molecule has 1 aliphatic heterocycles. The molecule has 0 spiro atoms. The van der Waals surface area contributed by atoms with Crippen molar-refractivity contribution in [2.45, 2.75) is 85.4 Å². The van der Waals surface area contributed by atoms with E-state index in [0.29, 0.717) is 38.0 Å². The third-order valence-corrected chi connectivity index (χ3v) is 5.59. The van der Waals surface area contributed by atoms with Gasteiger partial charge < -0.3 is 14.5 Å². The van der Waals surface area contributed by atoms with Crippen molar-refractivity contribution in [1.82, 2.24) is 9.80 Å². The Balaban J connectivity index is 2.35. The fourth-order valence-electron chi connectivity index (χ4n) is 4.11. The van der Waals surface area contributed by atoms with Gasteiger partial charge in [-0.1, -0.05) is 18.2 Å². The number of hydrogen-bond acceptors (Lipinski definition) is 4. The van der Waals surface area contributed by atoms with Gasteiger partial charge in [0.1, 0.15) is 5.60 Å². The van der Waals surface area contributed by atoms with Crippen LogP contribution in [0.25, 0.3) is 0 Å². The minimum absolute atomic E-state index is 0.0335. The van der Waals surface area contributed by atoms with Gasteiger partial charge in [-0.25, -0.2) is 13.6 Å². The van der Waals surface area contributed by atoms with Crippen LogP contribution in [0.2, 0.25) is 0 Å². The zero-order chi connectivity index (χ0) is 23.3. The molecule has 0 aromatic carbocycles. The SMILES string of the molecule is C/C=C\CN=C1CCC=C(C(F)F)/C1=C(/C)N1C[C@@H](C)N(C(=O)OC(C)(C)C)C[C@@H]1C. The van der Waals surface area contributed by atoms with Crippen LogP contribution in [0.5, 0.6) is 0 Å². The van der Waals surface area contributed by atoms with Gasteiger partial charge in [0.2, 0.25) is 0 Å². The molecule has 5 nitrogen and oxygen atoms in total. The van der Waals surface area contributed by atoms with Gasteiger partial charge >= 0.3 is 6.09 Å². The zero-order valence-corrected chi connectivity index (χ0v) is 19.9. The van der Waals surface area contributed by atoms with Gasteiger partial charge in [0.05, 0.1) is 6.54 Å². The summed E-state index contributed by atoms with van der Waals surface area (Å²) >= 11 is 0. The molecule has 0 N–H and O–H groups in total. The Morgan fingerprint density at radius 3 is 2.45 bits per heavy atom. The van der Waals surface area contributed by atoms with Crippen molar-refractivity contribution in [3.63, 3.8) is 0 Å². The molecule has 0 saturated carbocycles. The first kappa shape index (κ1) is 25.1. The number of piperazine rings is 1. The lowest BCUT2D eigenvalue weighted by atomic mass is 9.89. The van der Waals surface area contributed by atoms with Crippen LogP contribution < -0.4 is 0 Å². The summed E-state index contributed by atoms with van der Waals surface area (Å²) in [5.41, 5.74) is 1.61. The minimum Gasteiger partial charge on any atom is -0.444 e. The summed E-state index contributed by atoms with van der Waals surface area (Å²) in [6.45, 7) is 14.8. The Morgan fingerprint density at radius 1 is 1.26 bits per heavy atom. The molecule has 174 valence electrons. The highest BCUT2D eigenvalue weighted by Gasteiger charge is 2.36. The number of allylic oxidation sites excluding steroid dienone is 5. The smallest absolute Gasteiger partial charge is 0.410 e. The molecule has 7 heteroatoms. The van der Waals surface area contributed by atoms with E-state index in [-0.39, 0.29) is 23.8 Å². The number of rotatable bonds is 4. The third kappa shape index (κ3) is 6.40. The normalized spacial score (nSPS) is 26.0. The highest BCUT2D eigenvalue weighted by Crippen LogP contribution is 2.33. The fourth-order valence-corrected chi connectivity index (χ4v) is 4.11. The summed E-state index contributed by atoms with van der Waals surface area (Å²) in [6, 6.07) is -0.138. The van der Waals surface area contributed by atoms with Crippen molar-refractivity contribution in [3.05, 3.63) is 35.1 Å². The van der Waals surface area contributed by atoms with E-state index in [0.717, 1.165) is 11.4 Å². The van der Waals surface area contributed by atoms with Crippen LogP contribution in [-0.2, 0) is 4.74 Å². The van der Waals surface area contributed by atoms with E-state index in [1.54, 1.807) is 11.0 Å². The van der Waals surface area contributed by atoms with Crippen LogP contribution in [0, 0.1) is 0 Å². The molecule has 0 radical (unpaired) electrons. The predicted molar refractivity (Wildman–Crippen MR) is 122 cm³/mol. The molecule has 2 rings (SSSR count). The lowest BCUT2D eigenvalue weighted by Gasteiger charge is -2.46. The van der Waals surface area contributed by atoms with Crippen LogP contribution in [0.15, 0.2) is 40.1 Å². The topological polar surface area (TPSA) is 45.1 Å². The maximum atomic E-state index is 13.9. The number of carbonyl (C=O) groups is 1. The van der Waals surface area contributed by atoms with E-state index in [1.165, 1.54) is 0 Å². The molecule has 1 saturated heterocycles. The van der Waals surface area contributed by atoms with E-state index in [1.807, 2.05) is 60.6 Å². The number of halogens is 2. The Morgan fingerprint density at radius 2 is 1.87 bits per heavy atom. The van der Waals surface area contributed by atoms with E-state index >= 15 is 0 Å². The molecular weight excluding hydrogens is 400 g/mol. The fraction of sp³-hybridized carbons (Fsp3) is 0.667. The first-order chi connectivity index (χ1) is 14.5. The lowest BCUT2D eigenvalue weighted by Crippen LogP contribution is -2.58. The monoisotopic (exact) mass is 437 g/mol. The highest BCUT2D eigenvalue weighted by molar-refractivity contribution is 6.05. The van der Waals surface area contributed by atoms with Gasteiger partial charge in [-0.15, -0.1) is 0 Å². The predicted octanol–water partition coefficient (Wildman–Crippen LogP) is 5.59. The van der Waals surface area contributed by atoms with E-state index in [9.17, 15) is 13.6 Å². The summed E-state index contributed by atoms with van der Waals surface area (Å²) in [5.74, 6) is 0. The van der Waals surface area contributed by atoms with Crippen LogP contribution in [0.1, 0.15) is 61.3 Å². The second-order valence-corrected chi connectivity index (χ2v) is 9.30. The summed E-state index contributed by atoms with van der Waals surface area (Å²) < 4.78 is 33.4. The number of nitrogens with zero attached hydrogens (tertiary/aromatic N) is 3. The van der Waals surface area contributed by atoms with Crippen molar-refractivity contribution in [2.75, 3.05) is 19.6 Å². The molecular formula is C24H37F2N3O2. The maximum Gasteiger partial charge on any atom is 0.410 e. The van der Waals surface area contributed by atoms with Gasteiger partial charge in [0.25, 0.3) is 6.43 Å². The molecule has 0 aromatic heterocycles. The lowest BCUT2D eigenvalue weighted by molar-refractivity contribution is -0.00421. The number of aliphatic imine (C=N–C) groups is 1. The quantitative estimate of drug-likeness (QED) is 0.539. The van der Waals surface area contributed by atoms with Gasteiger partial charge in [-0.3, -0.25) is 4.99 Å². The van der Waals surface area contributed by atoms with Gasteiger partial charge in [0.15, 0.2) is 0 Å². The highest BCUT2D eigenvalue weighted by atomic mass is 19.3. The third-order valence-electron chi connectivity index (χ3n) is 5.59. The summed E-state index contributed by atoms with van der Waals surface area (Å²) in [7, 11) is 0. The molecule has 31 heavy (non-hydrogen) atoms. The molecule has 1 fully saturated rings. The molecule has 2 aliphatic rings. The van der Waals surface area contributed by atoms with Crippen molar-refractivity contribution < 1.29 is 18.3 Å². The average Bonchev–Trinajstić information content (AvgIpc) is 2.67. The molecule has 1 aliphatic carbocycles. The number of amides is 1. The Kier molecular flexibility index (Phi) is 8.43. The van der Waals surface area contributed by atoms with Gasteiger partial charge in [-0.2, -0.15) is 0 Å². The second-order valence-electron chi connectivity index (χ2n) is 9.30. The number of hydrogen-bond donors (Lipinski definition) is 0. The van der Waals surface area contributed by atoms with Gasteiger partial charge in [-0.05, 0) is 61.3 Å². The van der Waals surface area contributed by atoms with Crippen LogP contribution in [-0.4, -0.2) is 65.3 Å². The number of carbonyl (C=O) groups excluding carboxylic acids is 1. The second kappa shape index (κ2) is 10.4. The molecule has 1 heterocycles. The maximum absolute atomic E-state index is 13.9. The first-order valence-corrected chi connectivity index (χ1v) is 11.1. The van der Waals surface area contributed by atoms with Crippen molar-refractivity contribution in [2.24, 2.45) is 4.99 Å². The Hall–Kier alpha value is -2.18. The average molecular weight is 438 g/mol. The molecule has 1 amide bonds. The zero-order valence-electron chi connectivity index (χ0n) is 19.9. The first-order valence-electron chi connectivity index (χ1n) is 11.1. The molecule has 0 bridgehead atoms. The van der Waals surface area contributed by atoms with Crippen LogP contribution in [0.3, 0.4) is 0 Å². The van der Waals surface area contributed by atoms with E-state index in [2.05, 4.69) is 9.89 Å². The summed E-state index contributed by atoms with van der Waals surface area (Å²) in [6.07, 6.45) is 3.82. The van der Waals surface area contributed by atoms with Crippen molar-refractivity contribution >= 4 is 11.8 Å². The standard InChI is InChI=1S/C24H37F2N3O2/c1-8-9-13-27-20-12-10-11-19(22(25)26)21(20)18(4)28-14-17(3)29(15-16(28)2)23(30)31-24(5,6)7/h8-9,11,16-17,22H,10,12-15H2,1-7H3/b9-8-,21-18+,27-20?/t16-,17+/m0/s1. The molecule has 0 aromatic rings. The van der Waals surface area contributed by atoms with Crippen LogP contribution in [0.4, 0.5) is 13.6 Å². The summed E-state index contributed by atoms with van der Waals surface area (Å²) in [4.78, 5) is 21.1. The van der Waals surface area contributed by atoms with Gasteiger partial charge in [0, 0.05) is 47.7 Å². The molecule has 2 atom stereocenters. The Labute approximate surface area is 185 Å². The van der Waals surface area contributed by atoms with E-state index < -0.39 is 12.0 Å².